The molecule has 0 amide bonds. The van der Waals surface area contributed by atoms with Crippen LogP contribution < -0.4 is 15.1 Å². The number of pyridine rings is 1. The van der Waals surface area contributed by atoms with Crippen LogP contribution in [0.15, 0.2) is 48.8 Å². The lowest BCUT2D eigenvalue weighted by Gasteiger charge is -2.21. The van der Waals surface area contributed by atoms with Crippen molar-refractivity contribution in [3.05, 3.63) is 64.5 Å². The van der Waals surface area contributed by atoms with Gasteiger partial charge >= 0.3 is 0 Å². The quantitative estimate of drug-likeness (QED) is 0.655. The Morgan fingerprint density at radius 1 is 1.04 bits per heavy atom. The van der Waals surface area contributed by atoms with Crippen LogP contribution in [-0.4, -0.2) is 34.0 Å². The van der Waals surface area contributed by atoms with Gasteiger partial charge in [0.25, 0.3) is 0 Å². The van der Waals surface area contributed by atoms with E-state index >= 15 is 0 Å². The molecule has 0 spiro atoms. The lowest BCUT2D eigenvalue weighted by molar-refractivity contribution is 0.963. The van der Waals surface area contributed by atoms with Gasteiger partial charge in [-0.05, 0) is 37.3 Å². The van der Waals surface area contributed by atoms with Crippen molar-refractivity contribution in [1.82, 2.24) is 15.0 Å². The predicted molar refractivity (Wildman–Crippen MR) is 113 cm³/mol. The number of anilines is 4. The Hall–Kier alpha value is -2.90. The molecule has 2 aromatic heterocycles. The van der Waals surface area contributed by atoms with Crippen LogP contribution in [0.4, 0.5) is 23.1 Å². The Bertz CT molecular complexity index is 1030. The topological polar surface area (TPSA) is 81.0 Å². The zero-order chi connectivity index (χ0) is 19.7. The summed E-state index contributed by atoms with van der Waals surface area (Å²) < 4.78 is 0. The first-order valence-electron chi connectivity index (χ1n) is 8.63. The number of halogens is 2. The van der Waals surface area contributed by atoms with E-state index in [1.54, 1.807) is 29.4 Å². The van der Waals surface area contributed by atoms with Crippen LogP contribution in [0.5, 0.6) is 0 Å². The van der Waals surface area contributed by atoms with Gasteiger partial charge in [0.2, 0.25) is 11.9 Å². The summed E-state index contributed by atoms with van der Waals surface area (Å²) >= 11 is 12.1. The van der Waals surface area contributed by atoms with Gasteiger partial charge in [0.15, 0.2) is 0 Å². The van der Waals surface area contributed by atoms with Gasteiger partial charge in [-0.15, -0.1) is 0 Å². The molecular formula is C19H17Cl2N7. The van der Waals surface area contributed by atoms with E-state index in [1.165, 1.54) is 0 Å². The largest absolute Gasteiger partial charge is 0.339 e. The number of aryl methyl sites for hydroxylation is 1. The molecule has 0 unspecified atom stereocenters. The van der Waals surface area contributed by atoms with E-state index < -0.39 is 0 Å². The second-order valence-corrected chi connectivity index (χ2v) is 7.10. The Labute approximate surface area is 172 Å². The number of guanidine groups is 1. The summed E-state index contributed by atoms with van der Waals surface area (Å²) in [5.74, 6) is 1.41. The van der Waals surface area contributed by atoms with Crippen LogP contribution in [0.1, 0.15) is 5.69 Å². The van der Waals surface area contributed by atoms with Crippen LogP contribution >= 0.6 is 23.2 Å². The Morgan fingerprint density at radius 2 is 1.86 bits per heavy atom. The maximum atomic E-state index is 8.59. The molecule has 4 rings (SSSR count). The number of hydrogen-bond acceptors (Lipinski definition) is 5. The summed E-state index contributed by atoms with van der Waals surface area (Å²) in [6, 6.07) is 10.9. The average molecular weight is 414 g/mol. The van der Waals surface area contributed by atoms with Crippen molar-refractivity contribution in [3.8, 4) is 0 Å². The van der Waals surface area contributed by atoms with Gasteiger partial charge in [-0.25, -0.2) is 4.98 Å². The second kappa shape index (κ2) is 7.61. The number of benzene rings is 1. The average Bonchev–Trinajstić information content (AvgIpc) is 3.06. The van der Waals surface area contributed by atoms with Crippen molar-refractivity contribution in [2.45, 2.75) is 6.92 Å². The molecule has 7 nitrogen and oxygen atoms in total. The van der Waals surface area contributed by atoms with Crippen LogP contribution in [0.25, 0.3) is 0 Å². The van der Waals surface area contributed by atoms with Crippen LogP contribution in [0, 0.1) is 12.3 Å². The second-order valence-electron chi connectivity index (χ2n) is 6.29. The zero-order valence-corrected chi connectivity index (χ0v) is 16.5. The van der Waals surface area contributed by atoms with Crippen molar-refractivity contribution in [3.63, 3.8) is 0 Å². The molecule has 1 saturated heterocycles. The Kier molecular flexibility index (Phi) is 5.02. The fourth-order valence-corrected chi connectivity index (χ4v) is 3.27. The molecule has 1 fully saturated rings. The maximum absolute atomic E-state index is 8.59. The molecule has 9 heteroatoms. The van der Waals surface area contributed by atoms with Gasteiger partial charge in [-0.3, -0.25) is 15.3 Å². The maximum Gasteiger partial charge on any atom is 0.234 e. The van der Waals surface area contributed by atoms with Gasteiger partial charge in [0, 0.05) is 36.7 Å². The molecular weight excluding hydrogens is 397 g/mol. The fourth-order valence-electron chi connectivity index (χ4n) is 2.98. The molecule has 2 N–H and O–H groups in total. The zero-order valence-electron chi connectivity index (χ0n) is 15.0. The van der Waals surface area contributed by atoms with E-state index in [1.807, 2.05) is 36.1 Å². The molecule has 1 aromatic carbocycles. The molecule has 0 atom stereocenters. The molecule has 1 aliphatic rings. The smallest absolute Gasteiger partial charge is 0.234 e. The van der Waals surface area contributed by atoms with Crippen LogP contribution in [-0.2, 0) is 0 Å². The molecule has 0 bridgehead atoms. The van der Waals surface area contributed by atoms with Crippen molar-refractivity contribution >= 4 is 52.3 Å². The highest BCUT2D eigenvalue weighted by molar-refractivity contribution is 6.42. The SMILES string of the molecule is Cc1cc(Nc2cccnc2)nc(N2CCN(c3ccc(Cl)c(Cl)c3)C2=N)n1. The number of hydrogen-bond donors (Lipinski definition) is 2. The Morgan fingerprint density at radius 3 is 2.61 bits per heavy atom. The fraction of sp³-hybridized carbons (Fsp3) is 0.158. The van der Waals surface area contributed by atoms with E-state index in [9.17, 15) is 0 Å². The Balaban J connectivity index is 1.59. The molecule has 0 aliphatic carbocycles. The third-order valence-electron chi connectivity index (χ3n) is 4.29. The summed E-state index contributed by atoms with van der Waals surface area (Å²) in [6.45, 7) is 3.12. The molecule has 3 aromatic rings. The first-order chi connectivity index (χ1) is 13.5. The first-order valence-corrected chi connectivity index (χ1v) is 9.38. The van der Waals surface area contributed by atoms with Crippen molar-refractivity contribution < 1.29 is 0 Å². The predicted octanol–water partition coefficient (Wildman–Crippen LogP) is 4.49. The lowest BCUT2D eigenvalue weighted by Crippen LogP contribution is -2.33. The summed E-state index contributed by atoms with van der Waals surface area (Å²) in [5.41, 5.74) is 2.45. The van der Waals surface area contributed by atoms with Crippen molar-refractivity contribution in [1.29, 1.82) is 5.41 Å². The minimum Gasteiger partial charge on any atom is -0.339 e. The van der Waals surface area contributed by atoms with Crippen molar-refractivity contribution in [2.75, 3.05) is 28.2 Å². The molecule has 28 heavy (non-hydrogen) atoms. The normalized spacial score (nSPS) is 13.9. The highest BCUT2D eigenvalue weighted by Crippen LogP contribution is 2.30. The number of nitrogens with one attached hydrogen (secondary N) is 2. The number of aromatic nitrogens is 3. The number of nitrogens with zero attached hydrogens (tertiary/aromatic N) is 5. The summed E-state index contributed by atoms with van der Waals surface area (Å²) in [6.07, 6.45) is 3.44. The van der Waals surface area contributed by atoms with Crippen LogP contribution in [0.2, 0.25) is 10.0 Å². The summed E-state index contributed by atoms with van der Waals surface area (Å²) in [4.78, 5) is 16.8. The third-order valence-corrected chi connectivity index (χ3v) is 5.03. The van der Waals surface area contributed by atoms with Gasteiger partial charge in [0.1, 0.15) is 5.82 Å². The minimum atomic E-state index is 0.288. The third kappa shape index (κ3) is 3.72. The van der Waals surface area contributed by atoms with E-state index in [-0.39, 0.29) is 5.96 Å². The van der Waals surface area contributed by atoms with E-state index in [2.05, 4.69) is 20.3 Å². The van der Waals surface area contributed by atoms with Crippen molar-refractivity contribution in [2.24, 2.45) is 0 Å². The molecule has 0 radical (unpaired) electrons. The standard InChI is InChI=1S/C19H17Cl2N7/c1-12-9-17(25-13-3-2-6-23-11-13)26-19(24-12)28-8-7-27(18(28)22)14-4-5-15(20)16(21)10-14/h2-6,9-11,22H,7-8H2,1H3,(H,24,25,26). The van der Waals surface area contributed by atoms with E-state index in [0.717, 1.165) is 17.1 Å². The monoisotopic (exact) mass is 413 g/mol. The minimum absolute atomic E-state index is 0.288. The summed E-state index contributed by atoms with van der Waals surface area (Å²) in [5, 5.41) is 12.8. The van der Waals surface area contributed by atoms with Gasteiger partial charge < -0.3 is 10.2 Å². The molecule has 142 valence electrons. The van der Waals surface area contributed by atoms with E-state index in [0.29, 0.717) is 34.9 Å². The lowest BCUT2D eigenvalue weighted by atomic mass is 10.3. The highest BCUT2D eigenvalue weighted by Gasteiger charge is 2.29. The molecule has 3 heterocycles. The van der Waals surface area contributed by atoms with Gasteiger partial charge in [-0.2, -0.15) is 4.98 Å². The molecule has 0 saturated carbocycles. The van der Waals surface area contributed by atoms with E-state index in [4.69, 9.17) is 28.6 Å². The number of rotatable bonds is 4. The summed E-state index contributed by atoms with van der Waals surface area (Å²) in [7, 11) is 0. The first kappa shape index (κ1) is 18.5. The van der Waals surface area contributed by atoms with Crippen LogP contribution in [0.3, 0.4) is 0 Å². The van der Waals surface area contributed by atoms with Gasteiger partial charge in [-0.1, -0.05) is 23.2 Å². The highest BCUT2D eigenvalue weighted by atomic mass is 35.5. The molecule has 1 aliphatic heterocycles. The van der Waals surface area contributed by atoms with Gasteiger partial charge in [0.05, 0.1) is 21.9 Å².